The highest BCUT2D eigenvalue weighted by Crippen LogP contribution is 2.31. The van der Waals surface area contributed by atoms with Crippen molar-refractivity contribution >= 4 is 28.6 Å². The maximum Gasteiger partial charge on any atom is 0.325 e. The van der Waals surface area contributed by atoms with E-state index in [1.54, 1.807) is 14.0 Å². The fraction of sp³-hybridized carbons (Fsp3) is 0.241. The number of rotatable bonds is 6. The van der Waals surface area contributed by atoms with Crippen LogP contribution >= 0.6 is 0 Å². The Labute approximate surface area is 215 Å². The predicted octanol–water partition coefficient (Wildman–Crippen LogP) is 4.07. The molecule has 3 aromatic carbocycles. The largest absolute Gasteiger partial charge is 0.340 e. The number of urea groups is 1. The van der Waals surface area contributed by atoms with Crippen molar-refractivity contribution < 1.29 is 14.4 Å². The predicted molar refractivity (Wildman–Crippen MR) is 141 cm³/mol. The smallest absolute Gasteiger partial charge is 0.325 e. The lowest BCUT2D eigenvalue weighted by molar-refractivity contribution is -0.138. The molecule has 1 aromatic heterocycles. The summed E-state index contributed by atoms with van der Waals surface area (Å²) < 4.78 is 1.86. The van der Waals surface area contributed by atoms with Crippen molar-refractivity contribution in [3.63, 3.8) is 0 Å². The molecule has 1 fully saturated rings. The van der Waals surface area contributed by atoms with E-state index in [9.17, 15) is 14.4 Å². The summed E-state index contributed by atoms with van der Waals surface area (Å²) in [4.78, 5) is 41.9. The summed E-state index contributed by atoms with van der Waals surface area (Å²) in [5, 5.41) is 9.46. The third kappa shape index (κ3) is 4.24. The van der Waals surface area contributed by atoms with E-state index in [2.05, 4.69) is 10.4 Å². The maximum atomic E-state index is 13.4. The molecule has 1 N–H and O–H groups in total. The van der Waals surface area contributed by atoms with Crippen LogP contribution < -0.4 is 5.32 Å². The van der Waals surface area contributed by atoms with Crippen molar-refractivity contribution in [1.29, 1.82) is 0 Å². The Kier molecular flexibility index (Phi) is 6.03. The number of imide groups is 1. The van der Waals surface area contributed by atoms with Gasteiger partial charge in [0, 0.05) is 24.8 Å². The average Bonchev–Trinajstić information content (AvgIpc) is 3.31. The molecule has 188 valence electrons. The van der Waals surface area contributed by atoms with Crippen LogP contribution in [0.4, 0.5) is 4.79 Å². The highest BCUT2D eigenvalue weighted by atomic mass is 16.2. The highest BCUT2D eigenvalue weighted by Gasteiger charge is 2.49. The van der Waals surface area contributed by atoms with Gasteiger partial charge in [-0.25, -0.2) is 9.48 Å². The Bertz CT molecular complexity index is 1530. The molecule has 0 radical (unpaired) electrons. The van der Waals surface area contributed by atoms with Crippen molar-refractivity contribution in [3.05, 3.63) is 95.3 Å². The Hall–Kier alpha value is -4.46. The molecule has 1 atom stereocenters. The van der Waals surface area contributed by atoms with Crippen LogP contribution in [0.15, 0.2) is 72.8 Å². The van der Waals surface area contributed by atoms with Crippen molar-refractivity contribution in [2.45, 2.75) is 32.9 Å². The number of amides is 4. The van der Waals surface area contributed by atoms with Gasteiger partial charge in [0.1, 0.15) is 12.1 Å². The summed E-state index contributed by atoms with van der Waals surface area (Å²) in [7, 11) is 1.67. The summed E-state index contributed by atoms with van der Waals surface area (Å²) in [5.41, 5.74) is 3.05. The molecule has 5 rings (SSSR count). The van der Waals surface area contributed by atoms with Gasteiger partial charge in [-0.05, 0) is 55.3 Å². The lowest BCUT2D eigenvalue weighted by Crippen LogP contribution is -2.43. The van der Waals surface area contributed by atoms with Crippen LogP contribution in [0.1, 0.15) is 29.4 Å². The summed E-state index contributed by atoms with van der Waals surface area (Å²) in [6.07, 6.45) is 0. The zero-order chi connectivity index (χ0) is 26.3. The highest BCUT2D eigenvalue weighted by molar-refractivity contribution is 6.09. The van der Waals surface area contributed by atoms with Gasteiger partial charge in [0.05, 0.1) is 11.4 Å². The Morgan fingerprint density at radius 1 is 0.973 bits per heavy atom. The number of aryl methyl sites for hydroxylation is 1. The Balaban J connectivity index is 1.32. The van der Waals surface area contributed by atoms with Crippen LogP contribution in [0.2, 0.25) is 0 Å². The normalized spacial score (nSPS) is 17.4. The minimum absolute atomic E-state index is 0.314. The zero-order valence-corrected chi connectivity index (χ0v) is 21.4. The monoisotopic (exact) mass is 495 g/mol. The fourth-order valence-corrected chi connectivity index (χ4v) is 4.84. The van der Waals surface area contributed by atoms with Crippen LogP contribution in [0.5, 0.6) is 0 Å². The SMILES string of the molecule is Cc1nn(-c2ccccc2)c(C)c1CN(C)C(=O)CN1C(=O)N[C@](C)(c2ccc3ccccc3c2)C1=O. The molecule has 0 aliphatic carbocycles. The fourth-order valence-electron chi connectivity index (χ4n) is 4.84. The van der Waals surface area contributed by atoms with E-state index in [1.807, 2.05) is 91.3 Å². The lowest BCUT2D eigenvalue weighted by Gasteiger charge is -2.24. The van der Waals surface area contributed by atoms with E-state index in [0.29, 0.717) is 12.1 Å². The lowest BCUT2D eigenvalue weighted by atomic mass is 9.90. The number of likely N-dealkylation sites (N-methyl/N-ethyl adjacent to an activating group) is 1. The molecule has 8 heteroatoms. The molecule has 2 heterocycles. The van der Waals surface area contributed by atoms with E-state index < -0.39 is 17.5 Å². The molecule has 1 aliphatic rings. The second kappa shape index (κ2) is 9.20. The minimum atomic E-state index is -1.25. The van der Waals surface area contributed by atoms with Crippen molar-refractivity contribution in [1.82, 2.24) is 24.9 Å². The summed E-state index contributed by atoms with van der Waals surface area (Å²) in [6.45, 7) is 5.53. The van der Waals surface area contributed by atoms with Gasteiger partial charge in [-0.15, -0.1) is 0 Å². The maximum absolute atomic E-state index is 13.4. The molecule has 4 amide bonds. The topological polar surface area (TPSA) is 87.5 Å². The molecule has 37 heavy (non-hydrogen) atoms. The first-order valence-electron chi connectivity index (χ1n) is 12.2. The molecular weight excluding hydrogens is 466 g/mol. The van der Waals surface area contributed by atoms with Gasteiger partial charge in [-0.3, -0.25) is 14.5 Å². The second-order valence-corrected chi connectivity index (χ2v) is 9.65. The van der Waals surface area contributed by atoms with Crippen LogP contribution in [-0.2, 0) is 21.7 Å². The molecular formula is C29H29N5O3. The van der Waals surface area contributed by atoms with E-state index >= 15 is 0 Å². The van der Waals surface area contributed by atoms with Gasteiger partial charge in [0.15, 0.2) is 0 Å². The number of hydrogen-bond donors (Lipinski definition) is 1. The average molecular weight is 496 g/mol. The van der Waals surface area contributed by atoms with Gasteiger partial charge < -0.3 is 10.2 Å². The third-order valence-electron chi connectivity index (χ3n) is 7.16. The number of aromatic nitrogens is 2. The number of fused-ring (bicyclic) bond motifs is 1. The summed E-state index contributed by atoms with van der Waals surface area (Å²) in [6, 6.07) is 22.7. The first-order chi connectivity index (χ1) is 17.7. The minimum Gasteiger partial charge on any atom is -0.340 e. The van der Waals surface area contributed by atoms with Crippen molar-refractivity contribution in [3.8, 4) is 5.69 Å². The molecule has 0 saturated carbocycles. The van der Waals surface area contributed by atoms with E-state index in [0.717, 1.165) is 38.3 Å². The third-order valence-corrected chi connectivity index (χ3v) is 7.16. The van der Waals surface area contributed by atoms with Gasteiger partial charge in [0.2, 0.25) is 5.91 Å². The molecule has 4 aromatic rings. The summed E-state index contributed by atoms with van der Waals surface area (Å²) in [5.74, 6) is -0.781. The molecule has 0 spiro atoms. The number of para-hydroxylation sites is 1. The van der Waals surface area contributed by atoms with Crippen molar-refractivity contribution in [2.75, 3.05) is 13.6 Å². The van der Waals surface area contributed by atoms with Crippen LogP contribution in [0.25, 0.3) is 16.5 Å². The second-order valence-electron chi connectivity index (χ2n) is 9.65. The van der Waals surface area contributed by atoms with Crippen LogP contribution in [0.3, 0.4) is 0 Å². The molecule has 1 aliphatic heterocycles. The first kappa shape index (κ1) is 24.2. The first-order valence-corrected chi connectivity index (χ1v) is 12.2. The summed E-state index contributed by atoms with van der Waals surface area (Å²) >= 11 is 0. The number of benzene rings is 3. The molecule has 1 saturated heterocycles. The number of carbonyl (C=O) groups is 3. The van der Waals surface area contributed by atoms with Crippen molar-refractivity contribution in [2.24, 2.45) is 0 Å². The standard InChI is InChI=1S/C29H29N5O3/c1-19-25(20(2)34(31-19)24-12-6-5-7-13-24)17-32(4)26(35)18-33-27(36)29(3,30-28(33)37)23-15-14-21-10-8-9-11-22(21)16-23/h5-16H,17-18H2,1-4H3,(H,30,37)/t29-/m1/s1. The molecule has 0 bridgehead atoms. The molecule has 8 nitrogen and oxygen atoms in total. The zero-order valence-electron chi connectivity index (χ0n) is 21.4. The Morgan fingerprint density at radius 2 is 1.65 bits per heavy atom. The van der Waals surface area contributed by atoms with E-state index in [1.165, 1.54) is 4.90 Å². The van der Waals surface area contributed by atoms with Crippen LogP contribution in [-0.4, -0.2) is 51.0 Å². The number of carbonyl (C=O) groups excluding carboxylic acids is 3. The van der Waals surface area contributed by atoms with Crippen LogP contribution in [0, 0.1) is 13.8 Å². The van der Waals surface area contributed by atoms with E-state index in [-0.39, 0.29) is 12.5 Å². The number of nitrogens with zero attached hydrogens (tertiary/aromatic N) is 4. The van der Waals surface area contributed by atoms with Gasteiger partial charge in [0.25, 0.3) is 5.91 Å². The quantitative estimate of drug-likeness (QED) is 0.409. The number of hydrogen-bond acceptors (Lipinski definition) is 4. The van der Waals surface area contributed by atoms with Gasteiger partial charge >= 0.3 is 6.03 Å². The molecule has 0 unspecified atom stereocenters. The van der Waals surface area contributed by atoms with E-state index in [4.69, 9.17) is 0 Å². The Morgan fingerprint density at radius 3 is 2.38 bits per heavy atom. The van der Waals surface area contributed by atoms with Gasteiger partial charge in [-0.1, -0.05) is 54.6 Å². The number of nitrogens with one attached hydrogen (secondary N) is 1. The van der Waals surface area contributed by atoms with Gasteiger partial charge in [-0.2, -0.15) is 5.10 Å².